The number of para-hydroxylation sites is 1. The highest BCUT2D eigenvalue weighted by molar-refractivity contribution is 5.69. The largest absolute Gasteiger partial charge is 0.486 e. The van der Waals surface area contributed by atoms with Gasteiger partial charge in [0.1, 0.15) is 11.4 Å². The average Bonchev–Trinajstić information content (AvgIpc) is 2.58. The fourth-order valence-electron chi connectivity index (χ4n) is 2.72. The third-order valence-electron chi connectivity index (χ3n) is 4.22. The molecule has 1 unspecified atom stereocenters. The molecule has 1 aliphatic rings. The second kappa shape index (κ2) is 8.12. The smallest absolute Gasteiger partial charge is 0.410 e. The molecule has 0 radical (unpaired) electrons. The van der Waals surface area contributed by atoms with Crippen LogP contribution in [0.3, 0.4) is 0 Å². The fourth-order valence-corrected chi connectivity index (χ4v) is 2.72. The van der Waals surface area contributed by atoms with Crippen LogP contribution in [0, 0.1) is 10.1 Å². The normalized spacial score (nSPS) is 18.1. The van der Waals surface area contributed by atoms with E-state index in [0.29, 0.717) is 25.4 Å². The zero-order valence-corrected chi connectivity index (χ0v) is 16.7. The van der Waals surface area contributed by atoms with Gasteiger partial charge in [-0.25, -0.2) is 4.79 Å². The molecule has 0 saturated carbocycles. The van der Waals surface area contributed by atoms with Crippen LogP contribution in [0.5, 0.6) is 5.75 Å². The van der Waals surface area contributed by atoms with Crippen LogP contribution < -0.4 is 10.1 Å². The number of benzene rings is 1. The highest BCUT2D eigenvalue weighted by Crippen LogP contribution is 2.32. The van der Waals surface area contributed by atoms with E-state index >= 15 is 0 Å². The Morgan fingerprint density at radius 1 is 1.30 bits per heavy atom. The van der Waals surface area contributed by atoms with Crippen LogP contribution in [0.4, 0.5) is 4.79 Å². The van der Waals surface area contributed by atoms with Crippen LogP contribution in [0.2, 0.25) is 0 Å². The average molecular weight is 379 g/mol. The summed E-state index contributed by atoms with van der Waals surface area (Å²) < 4.78 is 11.3. The predicted octanol–water partition coefficient (Wildman–Crippen LogP) is 3.00. The van der Waals surface area contributed by atoms with Gasteiger partial charge in [0, 0.05) is 44.0 Å². The van der Waals surface area contributed by atoms with Crippen molar-refractivity contribution in [3.8, 4) is 5.75 Å². The van der Waals surface area contributed by atoms with Crippen molar-refractivity contribution in [3.05, 3.63) is 39.9 Å². The number of hydrogen-bond donors (Lipinski definition) is 1. The molecule has 1 amide bonds. The summed E-state index contributed by atoms with van der Waals surface area (Å²) in [5.74, 6) is 0.537. The Kier molecular flexibility index (Phi) is 6.30. The van der Waals surface area contributed by atoms with Crippen molar-refractivity contribution in [3.63, 3.8) is 0 Å². The van der Waals surface area contributed by atoms with E-state index in [4.69, 9.17) is 9.47 Å². The Labute approximate surface area is 160 Å². The molecule has 1 fully saturated rings. The third kappa shape index (κ3) is 5.56. The van der Waals surface area contributed by atoms with Crippen LogP contribution >= 0.6 is 0 Å². The van der Waals surface area contributed by atoms with Gasteiger partial charge in [0.15, 0.2) is 6.61 Å². The monoisotopic (exact) mass is 379 g/mol. The van der Waals surface area contributed by atoms with Gasteiger partial charge in [0.05, 0.1) is 6.04 Å². The number of ether oxygens (including phenoxy) is 2. The Morgan fingerprint density at radius 3 is 2.59 bits per heavy atom. The molecule has 0 aromatic heterocycles. The van der Waals surface area contributed by atoms with Gasteiger partial charge in [-0.05, 0) is 26.8 Å². The molecule has 0 spiro atoms. The van der Waals surface area contributed by atoms with E-state index in [-0.39, 0.29) is 23.7 Å². The van der Waals surface area contributed by atoms with Crippen LogP contribution in [-0.4, -0.2) is 53.3 Å². The van der Waals surface area contributed by atoms with Crippen molar-refractivity contribution in [2.75, 3.05) is 26.2 Å². The summed E-state index contributed by atoms with van der Waals surface area (Å²) in [7, 11) is 0. The number of amides is 1. The molecule has 2 rings (SSSR count). The molecule has 1 heterocycles. The summed E-state index contributed by atoms with van der Waals surface area (Å²) in [5, 5.41) is 14.4. The van der Waals surface area contributed by atoms with E-state index in [9.17, 15) is 14.9 Å². The van der Waals surface area contributed by atoms with E-state index in [1.165, 1.54) is 13.8 Å². The highest BCUT2D eigenvalue weighted by atomic mass is 16.6. The minimum absolute atomic E-state index is 0.0659. The molecule has 27 heavy (non-hydrogen) atoms. The lowest BCUT2D eigenvalue weighted by atomic mass is 10.0. The van der Waals surface area contributed by atoms with Crippen molar-refractivity contribution in [1.82, 2.24) is 10.2 Å². The predicted molar refractivity (Wildman–Crippen MR) is 102 cm³/mol. The first-order valence-electron chi connectivity index (χ1n) is 9.08. The standard InChI is InChI=1S/C19H29N3O5/c1-18(2,3)27-17(23)21-11-10-20-12-15(21)14-8-6-7-9-16(14)26-13-19(4,5)22(24)25/h6-9,15,20H,10-13H2,1-5H3. The second-order valence-corrected chi connectivity index (χ2v) is 8.29. The van der Waals surface area contributed by atoms with E-state index in [2.05, 4.69) is 5.32 Å². The van der Waals surface area contributed by atoms with Crippen LogP contribution in [0.1, 0.15) is 46.2 Å². The molecule has 1 aliphatic heterocycles. The molecule has 150 valence electrons. The minimum Gasteiger partial charge on any atom is -0.486 e. The molecule has 1 N–H and O–H groups in total. The summed E-state index contributed by atoms with van der Waals surface area (Å²) in [6.07, 6.45) is -0.380. The molecular formula is C19H29N3O5. The van der Waals surface area contributed by atoms with Crippen LogP contribution in [0.15, 0.2) is 24.3 Å². The summed E-state index contributed by atoms with van der Waals surface area (Å²) in [4.78, 5) is 25.1. The van der Waals surface area contributed by atoms with Crippen LogP contribution in [0.25, 0.3) is 0 Å². The van der Waals surface area contributed by atoms with E-state index in [1.54, 1.807) is 11.0 Å². The number of nitro groups is 1. The zero-order valence-electron chi connectivity index (χ0n) is 16.7. The highest BCUT2D eigenvalue weighted by Gasteiger charge is 2.35. The van der Waals surface area contributed by atoms with Gasteiger partial charge < -0.3 is 14.8 Å². The van der Waals surface area contributed by atoms with E-state index in [0.717, 1.165) is 5.56 Å². The molecule has 0 bridgehead atoms. The Balaban J connectivity index is 2.24. The van der Waals surface area contributed by atoms with Crippen molar-refractivity contribution in [2.45, 2.75) is 51.8 Å². The molecule has 1 aromatic carbocycles. The Hall–Kier alpha value is -2.35. The lowest BCUT2D eigenvalue weighted by Gasteiger charge is -2.38. The number of nitrogens with zero attached hydrogens (tertiary/aromatic N) is 2. The SMILES string of the molecule is CC(C)(C)OC(=O)N1CCNCC1c1ccccc1OCC(C)(C)[N+](=O)[O-]. The lowest BCUT2D eigenvalue weighted by Crippen LogP contribution is -2.50. The first-order chi connectivity index (χ1) is 12.5. The van der Waals surface area contributed by atoms with Crippen molar-refractivity contribution in [2.24, 2.45) is 0 Å². The molecule has 1 aromatic rings. The van der Waals surface area contributed by atoms with Crippen molar-refractivity contribution >= 4 is 6.09 Å². The zero-order chi connectivity index (χ0) is 20.2. The number of carbonyl (C=O) groups is 1. The second-order valence-electron chi connectivity index (χ2n) is 8.29. The Bertz CT molecular complexity index is 684. The summed E-state index contributed by atoms with van der Waals surface area (Å²) in [5.41, 5.74) is -0.990. The maximum absolute atomic E-state index is 12.7. The first-order valence-corrected chi connectivity index (χ1v) is 9.08. The van der Waals surface area contributed by atoms with E-state index < -0.39 is 11.1 Å². The van der Waals surface area contributed by atoms with Crippen LogP contribution in [-0.2, 0) is 4.74 Å². The number of rotatable bonds is 5. The van der Waals surface area contributed by atoms with Gasteiger partial charge >= 0.3 is 6.09 Å². The van der Waals surface area contributed by atoms with Gasteiger partial charge in [0.25, 0.3) is 0 Å². The van der Waals surface area contributed by atoms with E-state index in [1.807, 2.05) is 39.0 Å². The Morgan fingerprint density at radius 2 is 1.96 bits per heavy atom. The topological polar surface area (TPSA) is 93.9 Å². The number of nitrogens with one attached hydrogen (secondary N) is 1. The van der Waals surface area contributed by atoms with Gasteiger partial charge in [-0.1, -0.05) is 18.2 Å². The van der Waals surface area contributed by atoms with Gasteiger partial charge in [0.2, 0.25) is 5.54 Å². The van der Waals surface area contributed by atoms with Gasteiger partial charge in [-0.2, -0.15) is 0 Å². The fraction of sp³-hybridized carbons (Fsp3) is 0.632. The maximum atomic E-state index is 12.7. The number of piperazine rings is 1. The minimum atomic E-state index is -1.21. The number of hydrogen-bond acceptors (Lipinski definition) is 6. The number of carbonyl (C=O) groups excluding carboxylic acids is 1. The molecular weight excluding hydrogens is 350 g/mol. The lowest BCUT2D eigenvalue weighted by molar-refractivity contribution is -0.562. The molecule has 8 heteroatoms. The first kappa shape index (κ1) is 21.0. The molecule has 8 nitrogen and oxygen atoms in total. The molecule has 0 aliphatic carbocycles. The molecule has 1 atom stereocenters. The van der Waals surface area contributed by atoms with Gasteiger partial charge in [-0.15, -0.1) is 0 Å². The third-order valence-corrected chi connectivity index (χ3v) is 4.22. The summed E-state index contributed by atoms with van der Waals surface area (Å²) >= 11 is 0. The molecule has 1 saturated heterocycles. The quantitative estimate of drug-likeness (QED) is 0.624. The van der Waals surface area contributed by atoms with Gasteiger partial charge in [-0.3, -0.25) is 15.0 Å². The summed E-state index contributed by atoms with van der Waals surface area (Å²) in [6, 6.07) is 7.05. The maximum Gasteiger partial charge on any atom is 0.410 e. The van der Waals surface area contributed by atoms with Crippen molar-refractivity contribution in [1.29, 1.82) is 0 Å². The summed E-state index contributed by atoms with van der Waals surface area (Å²) in [6.45, 7) is 10.2. The van der Waals surface area contributed by atoms with Crippen molar-refractivity contribution < 1.29 is 19.2 Å².